The maximum atomic E-state index is 12.9. The van der Waals surface area contributed by atoms with Crippen molar-refractivity contribution in [1.82, 2.24) is 0 Å². The van der Waals surface area contributed by atoms with Crippen LogP contribution in [0, 0.1) is 5.82 Å². The Labute approximate surface area is 143 Å². The highest BCUT2D eigenvalue weighted by atomic mass is 32.1. The summed E-state index contributed by atoms with van der Waals surface area (Å²) < 4.78 is 18.1. The van der Waals surface area contributed by atoms with Gasteiger partial charge in [0, 0.05) is 4.88 Å². The van der Waals surface area contributed by atoms with Gasteiger partial charge in [0.15, 0.2) is 0 Å². The number of hydrogen-bond donors (Lipinski definition) is 1. The normalized spacial score (nSPS) is 12.8. The van der Waals surface area contributed by atoms with Crippen LogP contribution in [0.3, 0.4) is 0 Å². The predicted molar refractivity (Wildman–Crippen MR) is 91.0 cm³/mol. The third-order valence-corrected chi connectivity index (χ3v) is 5.14. The molecular formula is C18H18FNO3S. The smallest absolute Gasteiger partial charge is 0.341 e. The minimum absolute atomic E-state index is 0.130. The molecule has 0 unspecified atom stereocenters. The molecule has 0 radical (unpaired) electrons. The summed E-state index contributed by atoms with van der Waals surface area (Å²) in [4.78, 5) is 25.7. The highest BCUT2D eigenvalue weighted by Crippen LogP contribution is 2.39. The second-order valence-corrected chi connectivity index (χ2v) is 6.74. The number of fused-ring (bicyclic) bond motifs is 1. The molecule has 2 aromatic rings. The van der Waals surface area contributed by atoms with E-state index >= 15 is 0 Å². The summed E-state index contributed by atoms with van der Waals surface area (Å²) in [7, 11) is 0. The third kappa shape index (κ3) is 3.48. The fourth-order valence-corrected chi connectivity index (χ4v) is 4.16. The molecule has 126 valence electrons. The second-order valence-electron chi connectivity index (χ2n) is 5.63. The number of carbonyl (C=O) groups is 2. The molecule has 1 aromatic carbocycles. The van der Waals surface area contributed by atoms with E-state index < -0.39 is 0 Å². The van der Waals surface area contributed by atoms with E-state index in [0.717, 1.165) is 35.3 Å². The van der Waals surface area contributed by atoms with Gasteiger partial charge in [0.25, 0.3) is 0 Å². The molecule has 0 spiro atoms. The molecule has 3 rings (SSSR count). The molecule has 0 atom stereocenters. The lowest BCUT2D eigenvalue weighted by molar-refractivity contribution is -0.115. The molecule has 1 amide bonds. The van der Waals surface area contributed by atoms with Gasteiger partial charge < -0.3 is 10.1 Å². The van der Waals surface area contributed by atoms with Crippen LogP contribution in [0.15, 0.2) is 24.3 Å². The van der Waals surface area contributed by atoms with Crippen LogP contribution in [0.2, 0.25) is 0 Å². The number of halogens is 1. The van der Waals surface area contributed by atoms with E-state index in [4.69, 9.17) is 4.74 Å². The number of hydrogen-bond acceptors (Lipinski definition) is 4. The SMILES string of the molecule is CCOC(=O)c1c(NC(=O)Cc2ccc(F)cc2)sc2c1CCC2. The van der Waals surface area contributed by atoms with Gasteiger partial charge in [-0.25, -0.2) is 9.18 Å². The minimum atomic E-state index is -0.381. The van der Waals surface area contributed by atoms with Crippen LogP contribution in [0.5, 0.6) is 0 Å². The quantitative estimate of drug-likeness (QED) is 0.839. The second kappa shape index (κ2) is 7.13. The summed E-state index contributed by atoms with van der Waals surface area (Å²) >= 11 is 1.45. The third-order valence-electron chi connectivity index (χ3n) is 3.93. The maximum Gasteiger partial charge on any atom is 0.341 e. The van der Waals surface area contributed by atoms with Gasteiger partial charge in [0.2, 0.25) is 5.91 Å². The van der Waals surface area contributed by atoms with E-state index in [1.54, 1.807) is 19.1 Å². The number of thiophene rings is 1. The zero-order valence-corrected chi connectivity index (χ0v) is 14.2. The first-order chi connectivity index (χ1) is 11.6. The number of nitrogens with one attached hydrogen (secondary N) is 1. The largest absolute Gasteiger partial charge is 0.462 e. The Morgan fingerprint density at radius 1 is 1.25 bits per heavy atom. The van der Waals surface area contributed by atoms with Gasteiger partial charge >= 0.3 is 5.97 Å². The van der Waals surface area contributed by atoms with Crippen molar-refractivity contribution in [1.29, 1.82) is 0 Å². The van der Waals surface area contributed by atoms with E-state index in [-0.39, 0.29) is 24.1 Å². The van der Waals surface area contributed by atoms with E-state index in [0.29, 0.717) is 17.2 Å². The van der Waals surface area contributed by atoms with Gasteiger partial charge in [0.05, 0.1) is 18.6 Å². The molecule has 0 saturated carbocycles. The van der Waals surface area contributed by atoms with Crippen molar-refractivity contribution in [2.45, 2.75) is 32.6 Å². The summed E-state index contributed by atoms with van der Waals surface area (Å²) in [5, 5.41) is 3.39. The first-order valence-electron chi connectivity index (χ1n) is 7.94. The summed E-state index contributed by atoms with van der Waals surface area (Å²) in [5.41, 5.74) is 2.23. The van der Waals surface area contributed by atoms with Crippen LogP contribution in [-0.4, -0.2) is 18.5 Å². The summed E-state index contributed by atoms with van der Waals surface area (Å²) in [6.45, 7) is 2.06. The van der Waals surface area contributed by atoms with Gasteiger partial charge in [-0.2, -0.15) is 0 Å². The lowest BCUT2D eigenvalue weighted by atomic mass is 10.1. The number of rotatable bonds is 5. The molecule has 1 heterocycles. The van der Waals surface area contributed by atoms with Gasteiger partial charge in [-0.05, 0) is 49.4 Å². The molecule has 0 fully saturated rings. The number of esters is 1. The number of aryl methyl sites for hydroxylation is 1. The lowest BCUT2D eigenvalue weighted by Crippen LogP contribution is -2.17. The average Bonchev–Trinajstić information content (AvgIpc) is 3.10. The maximum absolute atomic E-state index is 12.9. The minimum Gasteiger partial charge on any atom is -0.462 e. The molecule has 4 nitrogen and oxygen atoms in total. The van der Waals surface area contributed by atoms with E-state index in [1.807, 2.05) is 0 Å². The number of carbonyl (C=O) groups excluding carboxylic acids is 2. The lowest BCUT2D eigenvalue weighted by Gasteiger charge is -2.08. The van der Waals surface area contributed by atoms with Crippen molar-refractivity contribution in [3.63, 3.8) is 0 Å². The van der Waals surface area contributed by atoms with Crippen LogP contribution < -0.4 is 5.32 Å². The highest BCUT2D eigenvalue weighted by molar-refractivity contribution is 7.17. The number of benzene rings is 1. The van der Waals surface area contributed by atoms with Crippen LogP contribution in [0.1, 0.15) is 39.7 Å². The molecular weight excluding hydrogens is 329 g/mol. The summed E-state index contributed by atoms with van der Waals surface area (Å²) in [5.74, 6) is -0.945. The van der Waals surface area contributed by atoms with Crippen molar-refractivity contribution < 1.29 is 18.7 Å². The Balaban J connectivity index is 1.78. The Bertz CT molecular complexity index is 767. The standard InChI is InChI=1S/C18H18FNO3S/c1-2-23-18(22)16-13-4-3-5-14(13)24-17(16)20-15(21)10-11-6-8-12(19)9-7-11/h6-9H,2-5,10H2,1H3,(H,20,21). The van der Waals surface area contributed by atoms with Crippen molar-refractivity contribution in [3.05, 3.63) is 51.7 Å². The number of ether oxygens (including phenoxy) is 1. The van der Waals surface area contributed by atoms with E-state index in [2.05, 4.69) is 5.32 Å². The molecule has 1 aliphatic carbocycles. The fraction of sp³-hybridized carbons (Fsp3) is 0.333. The fourth-order valence-electron chi connectivity index (χ4n) is 2.87. The highest BCUT2D eigenvalue weighted by Gasteiger charge is 2.28. The molecule has 0 saturated heterocycles. The average molecular weight is 347 g/mol. The van der Waals surface area contributed by atoms with Gasteiger partial charge in [-0.15, -0.1) is 11.3 Å². The van der Waals surface area contributed by atoms with Crippen molar-refractivity contribution in [2.24, 2.45) is 0 Å². The molecule has 6 heteroatoms. The topological polar surface area (TPSA) is 55.4 Å². The summed E-state index contributed by atoms with van der Waals surface area (Å²) in [6, 6.07) is 5.81. The zero-order valence-electron chi connectivity index (χ0n) is 13.4. The molecule has 1 N–H and O–H groups in total. The van der Waals surface area contributed by atoms with Crippen LogP contribution in [0.25, 0.3) is 0 Å². The molecule has 1 aliphatic rings. The Hall–Kier alpha value is -2.21. The Morgan fingerprint density at radius 2 is 2.00 bits per heavy atom. The van der Waals surface area contributed by atoms with Crippen molar-refractivity contribution >= 4 is 28.2 Å². The van der Waals surface area contributed by atoms with Crippen LogP contribution in [-0.2, 0) is 28.8 Å². The Morgan fingerprint density at radius 3 is 2.71 bits per heavy atom. The molecule has 0 bridgehead atoms. The van der Waals surface area contributed by atoms with E-state index in [9.17, 15) is 14.0 Å². The zero-order chi connectivity index (χ0) is 17.1. The van der Waals surface area contributed by atoms with Gasteiger partial charge in [-0.1, -0.05) is 12.1 Å². The van der Waals surface area contributed by atoms with Crippen LogP contribution in [0.4, 0.5) is 9.39 Å². The molecule has 1 aromatic heterocycles. The number of anilines is 1. The first-order valence-corrected chi connectivity index (χ1v) is 8.76. The van der Waals surface area contributed by atoms with Crippen molar-refractivity contribution in [3.8, 4) is 0 Å². The predicted octanol–water partition coefficient (Wildman–Crippen LogP) is 3.73. The van der Waals surface area contributed by atoms with Gasteiger partial charge in [-0.3, -0.25) is 4.79 Å². The molecule has 24 heavy (non-hydrogen) atoms. The van der Waals surface area contributed by atoms with Crippen LogP contribution >= 0.6 is 11.3 Å². The molecule has 0 aliphatic heterocycles. The monoisotopic (exact) mass is 347 g/mol. The van der Waals surface area contributed by atoms with E-state index in [1.165, 1.54) is 23.5 Å². The van der Waals surface area contributed by atoms with Crippen molar-refractivity contribution in [2.75, 3.05) is 11.9 Å². The number of amides is 1. The summed E-state index contributed by atoms with van der Waals surface area (Å²) in [6.07, 6.45) is 2.93. The van der Waals surface area contributed by atoms with Gasteiger partial charge in [0.1, 0.15) is 10.8 Å². The Kier molecular flexibility index (Phi) is 4.94. The first kappa shape index (κ1) is 16.6.